The van der Waals surface area contributed by atoms with Gasteiger partial charge in [0.15, 0.2) is 6.10 Å². The van der Waals surface area contributed by atoms with Crippen LogP contribution < -0.4 is 0 Å². The van der Waals surface area contributed by atoms with Crippen molar-refractivity contribution in [1.29, 1.82) is 0 Å². The molecule has 1 heterocycles. The molecule has 1 aromatic rings. The van der Waals surface area contributed by atoms with Crippen LogP contribution in [0.1, 0.15) is 45.4 Å². The minimum atomic E-state index is -1.11. The number of hydrogen-bond donors (Lipinski definition) is 2. The van der Waals surface area contributed by atoms with Crippen molar-refractivity contribution in [3.8, 4) is 0 Å². The summed E-state index contributed by atoms with van der Waals surface area (Å²) in [7, 11) is 0. The zero-order chi connectivity index (χ0) is 13.9. The maximum absolute atomic E-state index is 11.2. The van der Waals surface area contributed by atoms with Crippen LogP contribution in [0.25, 0.3) is 0 Å². The first-order valence-corrected chi connectivity index (χ1v) is 5.93. The highest BCUT2D eigenvalue weighted by Gasteiger charge is 2.26. The van der Waals surface area contributed by atoms with Crippen molar-refractivity contribution in [2.75, 3.05) is 0 Å². The first-order valence-electron chi connectivity index (χ1n) is 5.93. The largest absolute Gasteiger partial charge is 0.479 e. The highest BCUT2D eigenvalue weighted by atomic mass is 16.5. The summed E-state index contributed by atoms with van der Waals surface area (Å²) < 4.78 is 7.02. The van der Waals surface area contributed by atoms with Gasteiger partial charge in [-0.25, -0.2) is 4.79 Å². The average Bonchev–Trinajstić information content (AvgIpc) is 2.73. The highest BCUT2D eigenvalue weighted by molar-refractivity contribution is 5.74. The molecule has 3 unspecified atom stereocenters. The van der Waals surface area contributed by atoms with E-state index in [0.29, 0.717) is 5.56 Å². The number of aliphatic hydroxyl groups is 1. The summed E-state index contributed by atoms with van der Waals surface area (Å²) in [5.74, 6) is -1.09. The number of hydrogen-bond acceptors (Lipinski definition) is 4. The van der Waals surface area contributed by atoms with Gasteiger partial charge in [0, 0.05) is 17.8 Å². The minimum absolute atomic E-state index is 0.155. The molecule has 1 rings (SSSR count). The minimum Gasteiger partial charge on any atom is -0.479 e. The van der Waals surface area contributed by atoms with Gasteiger partial charge in [0.05, 0.1) is 18.4 Å². The second-order valence-electron chi connectivity index (χ2n) is 4.65. The van der Waals surface area contributed by atoms with E-state index in [-0.39, 0.29) is 6.04 Å². The molecule has 6 nitrogen and oxygen atoms in total. The van der Waals surface area contributed by atoms with Crippen molar-refractivity contribution in [3.05, 3.63) is 18.0 Å². The number of aliphatic carboxylic acids is 1. The van der Waals surface area contributed by atoms with Crippen molar-refractivity contribution in [1.82, 2.24) is 9.78 Å². The summed E-state index contributed by atoms with van der Waals surface area (Å²) in [5.41, 5.74) is 0.476. The predicted octanol–water partition coefficient (Wildman–Crippen LogP) is 1.38. The van der Waals surface area contributed by atoms with Crippen LogP contribution in [-0.4, -0.2) is 38.2 Å². The van der Waals surface area contributed by atoms with E-state index >= 15 is 0 Å². The van der Waals surface area contributed by atoms with Gasteiger partial charge >= 0.3 is 5.97 Å². The predicted molar refractivity (Wildman–Crippen MR) is 65.2 cm³/mol. The average molecular weight is 256 g/mol. The smallest absolute Gasteiger partial charge is 0.337 e. The lowest BCUT2D eigenvalue weighted by atomic mass is 10.2. The number of aromatic nitrogens is 2. The molecule has 2 N–H and O–H groups in total. The van der Waals surface area contributed by atoms with E-state index < -0.39 is 24.3 Å². The molecule has 102 valence electrons. The molecule has 1 aromatic heterocycles. The van der Waals surface area contributed by atoms with Gasteiger partial charge in [-0.2, -0.15) is 5.10 Å². The lowest BCUT2D eigenvalue weighted by Gasteiger charge is -2.20. The van der Waals surface area contributed by atoms with Crippen LogP contribution >= 0.6 is 0 Å². The summed E-state index contributed by atoms with van der Waals surface area (Å²) >= 11 is 0. The van der Waals surface area contributed by atoms with E-state index in [1.165, 1.54) is 6.20 Å². The van der Waals surface area contributed by atoms with Gasteiger partial charge in [-0.3, -0.25) is 4.68 Å². The van der Waals surface area contributed by atoms with Crippen LogP contribution in [0.5, 0.6) is 0 Å². The van der Waals surface area contributed by atoms with E-state index in [4.69, 9.17) is 9.84 Å². The van der Waals surface area contributed by atoms with Gasteiger partial charge in [0.2, 0.25) is 0 Å². The fourth-order valence-corrected chi connectivity index (χ4v) is 1.38. The molecule has 6 heteroatoms. The van der Waals surface area contributed by atoms with Crippen molar-refractivity contribution in [2.45, 2.75) is 52.0 Å². The summed E-state index contributed by atoms with van der Waals surface area (Å²) in [6.07, 6.45) is 0.730. The number of rotatable bonds is 6. The number of nitrogens with zero attached hydrogens (tertiary/aromatic N) is 2. The van der Waals surface area contributed by atoms with Crippen molar-refractivity contribution >= 4 is 5.97 Å². The molecule has 0 aliphatic rings. The maximum atomic E-state index is 11.2. The van der Waals surface area contributed by atoms with Crippen molar-refractivity contribution in [2.24, 2.45) is 0 Å². The highest BCUT2D eigenvalue weighted by Crippen LogP contribution is 2.21. The van der Waals surface area contributed by atoms with Crippen LogP contribution in [0, 0.1) is 0 Å². The second kappa shape index (κ2) is 5.97. The molecule has 0 fully saturated rings. The molecule has 0 spiro atoms. The third kappa shape index (κ3) is 3.54. The molecule has 0 amide bonds. The van der Waals surface area contributed by atoms with Crippen LogP contribution in [0.2, 0.25) is 0 Å². The van der Waals surface area contributed by atoms with Crippen LogP contribution in [-0.2, 0) is 9.53 Å². The summed E-state index contributed by atoms with van der Waals surface area (Å²) in [6.45, 7) is 7.09. The Bertz CT molecular complexity index is 401. The number of ether oxygens (including phenoxy) is 1. The van der Waals surface area contributed by atoms with Crippen LogP contribution in [0.4, 0.5) is 0 Å². The number of carbonyl (C=O) groups is 1. The number of aliphatic hydroxyl groups excluding tert-OH is 1. The summed E-state index contributed by atoms with van der Waals surface area (Å²) in [5, 5.41) is 22.6. The summed E-state index contributed by atoms with van der Waals surface area (Å²) in [4.78, 5) is 11.2. The SMILES string of the molecule is CC(O)C(C)OC(C(=O)O)c1cnn(C(C)C)c1. The van der Waals surface area contributed by atoms with E-state index in [2.05, 4.69) is 5.10 Å². The van der Waals surface area contributed by atoms with Crippen molar-refractivity contribution in [3.63, 3.8) is 0 Å². The zero-order valence-corrected chi connectivity index (χ0v) is 11.1. The molecular weight excluding hydrogens is 236 g/mol. The first kappa shape index (κ1) is 14.7. The Labute approximate surface area is 106 Å². The van der Waals surface area contributed by atoms with Gasteiger partial charge in [0.1, 0.15) is 0 Å². The zero-order valence-electron chi connectivity index (χ0n) is 11.1. The number of carboxylic acids is 1. The Hall–Kier alpha value is -1.40. The third-order valence-electron chi connectivity index (χ3n) is 2.71. The molecule has 18 heavy (non-hydrogen) atoms. The van der Waals surface area contributed by atoms with E-state index in [1.807, 2.05) is 13.8 Å². The third-order valence-corrected chi connectivity index (χ3v) is 2.71. The molecule has 0 aliphatic carbocycles. The van der Waals surface area contributed by atoms with Crippen LogP contribution in [0.15, 0.2) is 12.4 Å². The molecule has 0 radical (unpaired) electrons. The standard InChI is InChI=1S/C12H20N2O4/c1-7(2)14-6-10(5-13-14)11(12(16)17)18-9(4)8(3)15/h5-9,11,15H,1-4H3,(H,16,17). The quantitative estimate of drug-likeness (QED) is 0.803. The molecule has 0 aliphatic heterocycles. The van der Waals surface area contributed by atoms with Gasteiger partial charge in [-0.1, -0.05) is 0 Å². The monoisotopic (exact) mass is 256 g/mol. The normalized spacial score (nSPS) is 16.6. The van der Waals surface area contributed by atoms with Gasteiger partial charge < -0.3 is 14.9 Å². The molecular formula is C12H20N2O4. The lowest BCUT2D eigenvalue weighted by Crippen LogP contribution is -2.28. The Balaban J connectivity index is 2.87. The molecule has 0 aromatic carbocycles. The van der Waals surface area contributed by atoms with E-state index in [1.54, 1.807) is 24.7 Å². The van der Waals surface area contributed by atoms with E-state index in [9.17, 15) is 9.90 Å². The number of carboxylic acid groups (broad SMARTS) is 1. The van der Waals surface area contributed by atoms with Gasteiger partial charge in [-0.15, -0.1) is 0 Å². The first-order chi connectivity index (χ1) is 8.32. The second-order valence-corrected chi connectivity index (χ2v) is 4.65. The topological polar surface area (TPSA) is 84.6 Å². The Kier molecular flexibility index (Phi) is 4.86. The van der Waals surface area contributed by atoms with E-state index in [0.717, 1.165) is 0 Å². The fraction of sp³-hybridized carbons (Fsp3) is 0.667. The molecule has 0 saturated carbocycles. The molecule has 0 bridgehead atoms. The Morgan fingerprint density at radius 1 is 1.39 bits per heavy atom. The Morgan fingerprint density at radius 3 is 2.39 bits per heavy atom. The lowest BCUT2D eigenvalue weighted by molar-refractivity contribution is -0.158. The Morgan fingerprint density at radius 2 is 2.00 bits per heavy atom. The summed E-state index contributed by atoms with van der Waals surface area (Å²) in [6, 6.07) is 0.155. The van der Waals surface area contributed by atoms with Gasteiger partial charge in [0.25, 0.3) is 0 Å². The van der Waals surface area contributed by atoms with Crippen molar-refractivity contribution < 1.29 is 19.7 Å². The van der Waals surface area contributed by atoms with Gasteiger partial charge in [-0.05, 0) is 27.7 Å². The maximum Gasteiger partial charge on any atom is 0.337 e. The molecule has 3 atom stereocenters. The fourth-order valence-electron chi connectivity index (χ4n) is 1.38. The molecule has 0 saturated heterocycles. The van der Waals surface area contributed by atoms with Crippen LogP contribution in [0.3, 0.4) is 0 Å².